The molecule has 9 nitrogen and oxygen atoms in total. The van der Waals surface area contributed by atoms with Crippen LogP contribution in [-0.2, 0) is 0 Å². The number of rotatable bonds is 6. The lowest BCUT2D eigenvalue weighted by molar-refractivity contribution is 0.0696. The van der Waals surface area contributed by atoms with Gasteiger partial charge in [-0.05, 0) is 44.0 Å². The second-order valence-electron chi connectivity index (χ2n) is 8.26. The van der Waals surface area contributed by atoms with E-state index in [-0.39, 0.29) is 11.9 Å². The Morgan fingerprint density at radius 1 is 1.32 bits per heavy atom. The maximum Gasteiger partial charge on any atom is 0.261 e. The van der Waals surface area contributed by atoms with Gasteiger partial charge in [0.25, 0.3) is 5.91 Å². The topological polar surface area (TPSA) is 107 Å². The number of ether oxygens (including phenoxy) is 1. The zero-order chi connectivity index (χ0) is 23.7. The normalized spacial score (nSPS) is 18.2. The largest absolute Gasteiger partial charge is 0.493 e. The van der Waals surface area contributed by atoms with E-state index in [1.54, 1.807) is 52.1 Å². The molecule has 1 aromatic carbocycles. The fourth-order valence-electron chi connectivity index (χ4n) is 4.40. The first-order valence-corrected chi connectivity index (χ1v) is 11.7. The minimum atomic E-state index is -0.500. The van der Waals surface area contributed by atoms with Gasteiger partial charge in [-0.2, -0.15) is 10.2 Å². The number of carbonyl (C=O) groups is 1. The van der Waals surface area contributed by atoms with E-state index in [0.29, 0.717) is 45.5 Å². The van der Waals surface area contributed by atoms with Crippen molar-refractivity contribution in [3.05, 3.63) is 59.6 Å². The van der Waals surface area contributed by atoms with E-state index in [1.807, 2.05) is 6.92 Å². The molecule has 1 unspecified atom stereocenters. The lowest BCUT2D eigenvalue weighted by Gasteiger charge is -2.27. The number of carbonyl (C=O) groups excluding carboxylic acids is 1. The molecule has 5 rings (SSSR count). The molecule has 3 aromatic heterocycles. The summed E-state index contributed by atoms with van der Waals surface area (Å²) in [6.07, 6.45) is 9.61. The number of nitrogens with one attached hydrogen (secondary N) is 1. The summed E-state index contributed by atoms with van der Waals surface area (Å²) in [4.78, 5) is 17.5. The second-order valence-corrected chi connectivity index (χ2v) is 8.70. The fourth-order valence-corrected chi connectivity index (χ4v) is 4.57. The second kappa shape index (κ2) is 9.44. The number of aliphatic hydroxyl groups excluding tert-OH is 1. The molecule has 0 spiro atoms. The standard InChI is InChI=1S/C24H25ClN6O3/c1-2-34-21-9-8-15(25)12-16(21)22-18(14-31(29-22)19-6-3-4-7-20(19)32)28-24(33)17-13-27-30-11-5-10-26-23(17)30/h5,8-14,19-20,32H,2-4,6-7H2,1H3,(H,28,33)/t19?,20-/m0/s1. The van der Waals surface area contributed by atoms with E-state index in [1.165, 1.54) is 6.20 Å². The minimum absolute atomic E-state index is 0.175. The van der Waals surface area contributed by atoms with Crippen LogP contribution in [0.3, 0.4) is 0 Å². The molecule has 1 amide bonds. The summed E-state index contributed by atoms with van der Waals surface area (Å²) < 4.78 is 9.11. The Morgan fingerprint density at radius 3 is 3.00 bits per heavy atom. The average molecular weight is 481 g/mol. The smallest absolute Gasteiger partial charge is 0.261 e. The van der Waals surface area contributed by atoms with Crippen molar-refractivity contribution < 1.29 is 14.6 Å². The van der Waals surface area contributed by atoms with Gasteiger partial charge in [0.2, 0.25) is 0 Å². The molecule has 0 radical (unpaired) electrons. The summed E-state index contributed by atoms with van der Waals surface area (Å²) in [6.45, 7) is 2.36. The first kappa shape index (κ1) is 22.4. The molecule has 0 aliphatic heterocycles. The van der Waals surface area contributed by atoms with Crippen LogP contribution in [0.1, 0.15) is 49.0 Å². The summed E-state index contributed by atoms with van der Waals surface area (Å²) in [7, 11) is 0. The molecular formula is C24H25ClN6O3. The summed E-state index contributed by atoms with van der Waals surface area (Å²) in [5, 5.41) is 23.1. The summed E-state index contributed by atoms with van der Waals surface area (Å²) in [6, 6.07) is 6.88. The molecule has 2 atom stereocenters. The number of halogens is 1. The zero-order valence-electron chi connectivity index (χ0n) is 18.7. The van der Waals surface area contributed by atoms with Crippen molar-refractivity contribution in [3.63, 3.8) is 0 Å². The monoisotopic (exact) mass is 480 g/mol. The van der Waals surface area contributed by atoms with Crippen LogP contribution in [0.15, 0.2) is 49.1 Å². The fraction of sp³-hybridized carbons (Fsp3) is 0.333. The molecular weight excluding hydrogens is 456 g/mol. The Morgan fingerprint density at radius 2 is 2.18 bits per heavy atom. The van der Waals surface area contributed by atoms with Gasteiger partial charge in [0.15, 0.2) is 5.65 Å². The van der Waals surface area contributed by atoms with Crippen molar-refractivity contribution in [2.45, 2.75) is 44.8 Å². The third-order valence-corrected chi connectivity index (χ3v) is 6.27. The van der Waals surface area contributed by atoms with Gasteiger partial charge in [-0.3, -0.25) is 9.48 Å². The number of fused-ring (bicyclic) bond motifs is 1. The highest BCUT2D eigenvalue weighted by Gasteiger charge is 2.28. The number of benzene rings is 1. The van der Waals surface area contributed by atoms with Gasteiger partial charge in [0.05, 0.1) is 30.6 Å². The molecule has 10 heteroatoms. The molecule has 0 bridgehead atoms. The van der Waals surface area contributed by atoms with Gasteiger partial charge in [0, 0.05) is 29.2 Å². The highest BCUT2D eigenvalue weighted by atomic mass is 35.5. The molecule has 1 aliphatic rings. The van der Waals surface area contributed by atoms with Crippen LogP contribution < -0.4 is 10.1 Å². The SMILES string of the molecule is CCOc1ccc(Cl)cc1-c1nn(C2CCCC[C@@H]2O)cc1NC(=O)c1cnn2cccnc12. The number of nitrogens with zero attached hydrogens (tertiary/aromatic N) is 5. The van der Waals surface area contributed by atoms with Crippen LogP contribution in [-0.4, -0.2) is 48.1 Å². The first-order chi connectivity index (χ1) is 16.5. The van der Waals surface area contributed by atoms with Crippen LogP contribution in [0, 0.1) is 0 Å². The molecule has 4 aromatic rings. The summed E-state index contributed by atoms with van der Waals surface area (Å²) >= 11 is 6.31. The van der Waals surface area contributed by atoms with E-state index in [2.05, 4.69) is 15.4 Å². The lowest BCUT2D eigenvalue weighted by atomic mass is 9.93. The highest BCUT2D eigenvalue weighted by molar-refractivity contribution is 6.31. The van der Waals surface area contributed by atoms with Crippen LogP contribution in [0.2, 0.25) is 5.02 Å². The maximum atomic E-state index is 13.3. The van der Waals surface area contributed by atoms with Crippen molar-refractivity contribution >= 4 is 28.8 Å². The molecule has 1 fully saturated rings. The van der Waals surface area contributed by atoms with Gasteiger partial charge >= 0.3 is 0 Å². The van der Waals surface area contributed by atoms with Gasteiger partial charge in [-0.1, -0.05) is 24.4 Å². The number of amides is 1. The van der Waals surface area contributed by atoms with E-state index in [9.17, 15) is 9.90 Å². The van der Waals surface area contributed by atoms with E-state index in [4.69, 9.17) is 21.4 Å². The predicted octanol–water partition coefficient (Wildman–Crippen LogP) is 4.37. The quantitative estimate of drug-likeness (QED) is 0.424. The average Bonchev–Trinajstić information content (AvgIpc) is 3.45. The Hall–Kier alpha value is -3.43. The van der Waals surface area contributed by atoms with Crippen molar-refractivity contribution in [2.75, 3.05) is 11.9 Å². The Labute approximate surface area is 201 Å². The zero-order valence-corrected chi connectivity index (χ0v) is 19.4. The first-order valence-electron chi connectivity index (χ1n) is 11.3. The number of aromatic nitrogens is 5. The van der Waals surface area contributed by atoms with E-state index in [0.717, 1.165) is 25.7 Å². The van der Waals surface area contributed by atoms with Crippen molar-refractivity contribution in [1.82, 2.24) is 24.4 Å². The number of hydrogen-bond donors (Lipinski definition) is 2. The van der Waals surface area contributed by atoms with E-state index >= 15 is 0 Å². The van der Waals surface area contributed by atoms with Crippen LogP contribution in [0.4, 0.5) is 5.69 Å². The van der Waals surface area contributed by atoms with Crippen LogP contribution in [0.25, 0.3) is 16.9 Å². The number of anilines is 1. The molecule has 176 valence electrons. The summed E-state index contributed by atoms with van der Waals surface area (Å²) in [5.41, 5.74) is 2.46. The molecule has 0 saturated heterocycles. The predicted molar refractivity (Wildman–Crippen MR) is 128 cm³/mol. The van der Waals surface area contributed by atoms with E-state index < -0.39 is 6.10 Å². The number of hydrogen-bond acceptors (Lipinski definition) is 6. The lowest BCUT2D eigenvalue weighted by Crippen LogP contribution is -2.27. The third kappa shape index (κ3) is 4.24. The van der Waals surface area contributed by atoms with Crippen LogP contribution >= 0.6 is 11.6 Å². The molecule has 1 aliphatic carbocycles. The Balaban J connectivity index is 1.58. The minimum Gasteiger partial charge on any atom is -0.493 e. The third-order valence-electron chi connectivity index (χ3n) is 6.03. The van der Waals surface area contributed by atoms with Crippen molar-refractivity contribution in [1.29, 1.82) is 0 Å². The van der Waals surface area contributed by atoms with Crippen molar-refractivity contribution in [3.8, 4) is 17.0 Å². The molecule has 3 heterocycles. The summed E-state index contributed by atoms with van der Waals surface area (Å²) in [5.74, 6) is 0.244. The Kier molecular flexibility index (Phi) is 6.21. The van der Waals surface area contributed by atoms with Gasteiger partial charge in [0.1, 0.15) is 17.0 Å². The molecule has 34 heavy (non-hydrogen) atoms. The maximum absolute atomic E-state index is 13.3. The van der Waals surface area contributed by atoms with Crippen LogP contribution in [0.5, 0.6) is 5.75 Å². The number of aliphatic hydroxyl groups is 1. The van der Waals surface area contributed by atoms with Gasteiger partial charge in [-0.15, -0.1) is 0 Å². The molecule has 1 saturated carbocycles. The molecule has 2 N–H and O–H groups in total. The van der Waals surface area contributed by atoms with Crippen molar-refractivity contribution in [2.24, 2.45) is 0 Å². The van der Waals surface area contributed by atoms with Gasteiger partial charge < -0.3 is 15.2 Å². The Bertz CT molecular complexity index is 1330. The van der Waals surface area contributed by atoms with Gasteiger partial charge in [-0.25, -0.2) is 9.50 Å². The highest BCUT2D eigenvalue weighted by Crippen LogP contribution is 2.38.